The van der Waals surface area contributed by atoms with Crippen LogP contribution in [0.15, 0.2) is 0 Å². The molecule has 2 rings (SSSR count). The maximum atomic E-state index is 2.50. The highest BCUT2D eigenvalue weighted by Crippen LogP contribution is 2.66. The maximum absolute atomic E-state index is 2.50. The van der Waals surface area contributed by atoms with Crippen LogP contribution in [0.3, 0.4) is 0 Å². The molecule has 0 aromatic heterocycles. The summed E-state index contributed by atoms with van der Waals surface area (Å²) in [6, 6.07) is 0. The van der Waals surface area contributed by atoms with E-state index in [1.54, 1.807) is 0 Å². The first-order valence-corrected chi connectivity index (χ1v) is 5.89. The van der Waals surface area contributed by atoms with Crippen LogP contribution >= 0.6 is 0 Å². The van der Waals surface area contributed by atoms with Crippen LogP contribution in [0.1, 0.15) is 53.9 Å². The lowest BCUT2D eigenvalue weighted by Crippen LogP contribution is -2.34. The SMILES string of the molecule is CC(C1C(C)C1(C)C)C1(C)CCC1. The van der Waals surface area contributed by atoms with Crippen LogP contribution in [0, 0.1) is 28.6 Å². The maximum Gasteiger partial charge on any atom is -0.0292 e. The van der Waals surface area contributed by atoms with Gasteiger partial charge in [-0.05, 0) is 41.4 Å². The van der Waals surface area contributed by atoms with Crippen molar-refractivity contribution in [1.82, 2.24) is 0 Å². The van der Waals surface area contributed by atoms with Crippen molar-refractivity contribution in [1.29, 1.82) is 0 Å². The fraction of sp³-hybridized carbons (Fsp3) is 1.00. The topological polar surface area (TPSA) is 0 Å². The van der Waals surface area contributed by atoms with E-state index in [0.29, 0.717) is 10.8 Å². The van der Waals surface area contributed by atoms with Gasteiger partial charge in [-0.2, -0.15) is 0 Å². The molecule has 0 saturated heterocycles. The molecule has 0 aromatic carbocycles. The summed E-state index contributed by atoms with van der Waals surface area (Å²) in [5.74, 6) is 2.91. The normalized spacial score (nSPS) is 42.2. The molecular formula is C13H24. The van der Waals surface area contributed by atoms with E-state index in [0.717, 1.165) is 17.8 Å². The summed E-state index contributed by atoms with van der Waals surface area (Å²) in [7, 11) is 0. The molecule has 0 radical (unpaired) electrons. The lowest BCUT2D eigenvalue weighted by molar-refractivity contribution is 0.0590. The molecule has 0 N–H and O–H groups in total. The van der Waals surface area contributed by atoms with Crippen LogP contribution in [0.5, 0.6) is 0 Å². The minimum atomic E-state index is 0.637. The van der Waals surface area contributed by atoms with Crippen LogP contribution in [0.2, 0.25) is 0 Å². The average molecular weight is 180 g/mol. The van der Waals surface area contributed by atoms with Crippen molar-refractivity contribution in [2.75, 3.05) is 0 Å². The molecule has 3 atom stereocenters. The minimum absolute atomic E-state index is 0.637. The highest BCUT2D eigenvalue weighted by molar-refractivity contribution is 5.08. The van der Waals surface area contributed by atoms with Crippen molar-refractivity contribution in [2.45, 2.75) is 53.9 Å². The Morgan fingerprint density at radius 3 is 1.85 bits per heavy atom. The Bertz CT molecular complexity index is 210. The van der Waals surface area contributed by atoms with E-state index in [2.05, 4.69) is 34.6 Å². The zero-order valence-electron chi connectivity index (χ0n) is 9.85. The van der Waals surface area contributed by atoms with Crippen LogP contribution in [0.25, 0.3) is 0 Å². The molecular weight excluding hydrogens is 156 g/mol. The van der Waals surface area contributed by atoms with Gasteiger partial charge in [0, 0.05) is 0 Å². The van der Waals surface area contributed by atoms with Crippen LogP contribution < -0.4 is 0 Å². The Balaban J connectivity index is 2.03. The highest BCUT2D eigenvalue weighted by atomic mass is 14.6. The fourth-order valence-corrected chi connectivity index (χ4v) is 3.64. The third-order valence-corrected chi connectivity index (χ3v) is 5.60. The molecule has 13 heavy (non-hydrogen) atoms. The molecule has 0 aromatic rings. The fourth-order valence-electron chi connectivity index (χ4n) is 3.64. The first-order chi connectivity index (χ1) is 5.89. The monoisotopic (exact) mass is 180 g/mol. The van der Waals surface area contributed by atoms with Crippen LogP contribution in [0.4, 0.5) is 0 Å². The quantitative estimate of drug-likeness (QED) is 0.600. The van der Waals surface area contributed by atoms with E-state index in [-0.39, 0.29) is 0 Å². The molecule has 76 valence electrons. The lowest BCUT2D eigenvalue weighted by atomic mass is 9.61. The molecule has 2 saturated carbocycles. The van der Waals surface area contributed by atoms with Crippen molar-refractivity contribution in [3.05, 3.63) is 0 Å². The highest BCUT2D eigenvalue weighted by Gasteiger charge is 2.60. The zero-order chi connectivity index (χ0) is 9.85. The van der Waals surface area contributed by atoms with Gasteiger partial charge in [0.2, 0.25) is 0 Å². The van der Waals surface area contributed by atoms with Gasteiger partial charge in [-0.25, -0.2) is 0 Å². The van der Waals surface area contributed by atoms with Gasteiger partial charge in [0.15, 0.2) is 0 Å². The second-order valence-electron chi connectivity index (χ2n) is 6.43. The molecule has 0 nitrogen and oxygen atoms in total. The molecule has 2 aliphatic carbocycles. The Morgan fingerprint density at radius 1 is 1.15 bits per heavy atom. The second-order valence-corrected chi connectivity index (χ2v) is 6.43. The van der Waals surface area contributed by atoms with Crippen LogP contribution in [-0.4, -0.2) is 0 Å². The predicted molar refractivity (Wildman–Crippen MR) is 57.6 cm³/mol. The average Bonchev–Trinajstić information content (AvgIpc) is 2.46. The molecule has 3 unspecified atom stereocenters. The molecule has 0 aliphatic heterocycles. The standard InChI is InChI=1S/C13H24/c1-9-11(12(9,3)4)10(2)13(5)7-6-8-13/h9-11H,6-8H2,1-5H3. The van der Waals surface area contributed by atoms with Crippen molar-refractivity contribution in [2.24, 2.45) is 28.6 Å². The van der Waals surface area contributed by atoms with Gasteiger partial charge in [0.25, 0.3) is 0 Å². The van der Waals surface area contributed by atoms with E-state index in [1.807, 2.05) is 0 Å². The third-order valence-electron chi connectivity index (χ3n) is 5.60. The van der Waals surface area contributed by atoms with Gasteiger partial charge in [-0.15, -0.1) is 0 Å². The van der Waals surface area contributed by atoms with Gasteiger partial charge in [-0.1, -0.05) is 41.0 Å². The lowest BCUT2D eigenvalue weighted by Gasteiger charge is -2.44. The summed E-state index contributed by atoms with van der Waals surface area (Å²) in [6.45, 7) is 12.3. The van der Waals surface area contributed by atoms with Gasteiger partial charge >= 0.3 is 0 Å². The molecule has 0 amide bonds. The zero-order valence-corrected chi connectivity index (χ0v) is 9.85. The van der Waals surface area contributed by atoms with Crippen molar-refractivity contribution in [3.8, 4) is 0 Å². The minimum Gasteiger partial charge on any atom is -0.0617 e. The largest absolute Gasteiger partial charge is 0.0617 e. The first-order valence-electron chi connectivity index (χ1n) is 5.89. The van der Waals surface area contributed by atoms with E-state index in [4.69, 9.17) is 0 Å². The van der Waals surface area contributed by atoms with Gasteiger partial charge < -0.3 is 0 Å². The number of rotatable bonds is 2. The molecule has 2 fully saturated rings. The molecule has 0 heteroatoms. The summed E-state index contributed by atoms with van der Waals surface area (Å²) < 4.78 is 0. The number of hydrogen-bond acceptors (Lipinski definition) is 0. The summed E-state index contributed by atoms with van der Waals surface area (Å²) >= 11 is 0. The van der Waals surface area contributed by atoms with Crippen molar-refractivity contribution >= 4 is 0 Å². The smallest absolute Gasteiger partial charge is 0.0292 e. The summed E-state index contributed by atoms with van der Waals surface area (Å²) in [5.41, 5.74) is 1.34. The number of hydrogen-bond donors (Lipinski definition) is 0. The second kappa shape index (κ2) is 2.52. The predicted octanol–water partition coefficient (Wildman–Crippen LogP) is 4.10. The third kappa shape index (κ3) is 1.17. The van der Waals surface area contributed by atoms with Gasteiger partial charge in [0.05, 0.1) is 0 Å². The summed E-state index contributed by atoms with van der Waals surface area (Å²) in [6.07, 6.45) is 4.43. The molecule has 0 spiro atoms. The van der Waals surface area contributed by atoms with Crippen LogP contribution in [-0.2, 0) is 0 Å². The Labute approximate surface area is 83.1 Å². The van der Waals surface area contributed by atoms with Gasteiger partial charge in [-0.3, -0.25) is 0 Å². The molecule has 0 bridgehead atoms. The summed E-state index contributed by atoms with van der Waals surface area (Å²) in [4.78, 5) is 0. The van der Waals surface area contributed by atoms with E-state index >= 15 is 0 Å². The van der Waals surface area contributed by atoms with Crippen molar-refractivity contribution in [3.63, 3.8) is 0 Å². The van der Waals surface area contributed by atoms with E-state index < -0.39 is 0 Å². The Hall–Kier alpha value is 0. The first kappa shape index (κ1) is 9.55. The molecule has 0 heterocycles. The molecule has 2 aliphatic rings. The Morgan fingerprint density at radius 2 is 1.62 bits per heavy atom. The van der Waals surface area contributed by atoms with E-state index in [1.165, 1.54) is 19.3 Å². The van der Waals surface area contributed by atoms with Crippen molar-refractivity contribution < 1.29 is 0 Å². The van der Waals surface area contributed by atoms with Gasteiger partial charge in [0.1, 0.15) is 0 Å². The summed E-state index contributed by atoms with van der Waals surface area (Å²) in [5, 5.41) is 0. The van der Waals surface area contributed by atoms with E-state index in [9.17, 15) is 0 Å². The Kier molecular flexibility index (Phi) is 1.85.